The van der Waals surface area contributed by atoms with Crippen LogP contribution in [0.3, 0.4) is 0 Å². The highest BCUT2D eigenvalue weighted by atomic mass is 35.5. The van der Waals surface area contributed by atoms with E-state index in [2.05, 4.69) is 38.2 Å². The number of rotatable bonds is 3. The molecule has 2 rings (SSSR count). The van der Waals surface area contributed by atoms with Crippen molar-refractivity contribution in [2.24, 2.45) is 5.41 Å². The second kappa shape index (κ2) is 5.63. The monoisotopic (exact) mass is 265 g/mol. The molecule has 1 N–H and O–H groups in total. The molecule has 1 fully saturated rings. The summed E-state index contributed by atoms with van der Waals surface area (Å²) in [6.45, 7) is 6.96. The molecule has 1 nitrogen and oxygen atoms in total. The van der Waals surface area contributed by atoms with Gasteiger partial charge in [-0.15, -0.1) is 0 Å². The van der Waals surface area contributed by atoms with E-state index in [1.54, 1.807) is 0 Å². The third-order valence-corrected chi connectivity index (χ3v) is 4.41. The first-order chi connectivity index (χ1) is 8.48. The van der Waals surface area contributed by atoms with Crippen molar-refractivity contribution in [1.29, 1.82) is 0 Å². The minimum Gasteiger partial charge on any atom is -0.307 e. The first-order valence-electron chi connectivity index (χ1n) is 6.98. The summed E-state index contributed by atoms with van der Waals surface area (Å²) in [7, 11) is 0. The molecule has 100 valence electrons. The van der Waals surface area contributed by atoms with E-state index in [0.29, 0.717) is 17.5 Å². The summed E-state index contributed by atoms with van der Waals surface area (Å²) in [5, 5.41) is 4.62. The highest BCUT2D eigenvalue weighted by Crippen LogP contribution is 2.36. The lowest BCUT2D eigenvalue weighted by molar-refractivity contribution is 0.191. The summed E-state index contributed by atoms with van der Waals surface area (Å²) in [5.41, 5.74) is 1.69. The van der Waals surface area contributed by atoms with E-state index in [1.165, 1.54) is 31.2 Å². The predicted molar refractivity (Wildman–Crippen MR) is 79.0 cm³/mol. The lowest BCUT2D eigenvalue weighted by Gasteiger charge is -2.37. The van der Waals surface area contributed by atoms with Gasteiger partial charge in [0.1, 0.15) is 0 Å². The molecule has 1 saturated carbocycles. The third-order valence-electron chi connectivity index (χ3n) is 4.06. The Bertz CT molecular complexity index is 400. The lowest BCUT2D eigenvalue weighted by Crippen LogP contribution is -2.38. The summed E-state index contributed by atoms with van der Waals surface area (Å²) in [6, 6.07) is 9.10. The number of hydrogen-bond acceptors (Lipinski definition) is 1. The van der Waals surface area contributed by atoms with Crippen molar-refractivity contribution in [1.82, 2.24) is 5.32 Å². The van der Waals surface area contributed by atoms with Crippen LogP contribution in [0.15, 0.2) is 24.3 Å². The van der Waals surface area contributed by atoms with Gasteiger partial charge in [0, 0.05) is 17.1 Å². The molecule has 0 aliphatic heterocycles. The van der Waals surface area contributed by atoms with Crippen LogP contribution in [0.4, 0.5) is 0 Å². The van der Waals surface area contributed by atoms with Gasteiger partial charge in [0.2, 0.25) is 0 Å². The highest BCUT2D eigenvalue weighted by molar-refractivity contribution is 6.31. The maximum absolute atomic E-state index is 6.25. The van der Waals surface area contributed by atoms with Crippen molar-refractivity contribution in [3.8, 4) is 0 Å². The van der Waals surface area contributed by atoms with E-state index in [0.717, 1.165) is 5.02 Å². The maximum Gasteiger partial charge on any atom is 0.0453 e. The highest BCUT2D eigenvalue weighted by Gasteiger charge is 2.28. The Hall–Kier alpha value is -0.530. The quantitative estimate of drug-likeness (QED) is 0.815. The minimum atomic E-state index is 0.331. The Kier molecular flexibility index (Phi) is 4.34. The van der Waals surface area contributed by atoms with Crippen LogP contribution in [-0.4, -0.2) is 6.04 Å². The first kappa shape index (κ1) is 13.9. The van der Waals surface area contributed by atoms with Crippen molar-refractivity contribution >= 4 is 11.6 Å². The fraction of sp³-hybridized carbons (Fsp3) is 0.625. The van der Waals surface area contributed by atoms with Crippen LogP contribution in [0.1, 0.15) is 58.1 Å². The molecule has 0 radical (unpaired) electrons. The van der Waals surface area contributed by atoms with Crippen molar-refractivity contribution in [3.63, 3.8) is 0 Å². The largest absolute Gasteiger partial charge is 0.307 e. The van der Waals surface area contributed by atoms with Gasteiger partial charge in [0.05, 0.1) is 0 Å². The van der Waals surface area contributed by atoms with Gasteiger partial charge < -0.3 is 5.32 Å². The van der Waals surface area contributed by atoms with E-state index in [4.69, 9.17) is 11.6 Å². The fourth-order valence-corrected chi connectivity index (χ4v) is 3.41. The molecule has 1 aromatic rings. The summed E-state index contributed by atoms with van der Waals surface area (Å²) >= 11 is 6.25. The van der Waals surface area contributed by atoms with Crippen LogP contribution >= 0.6 is 11.6 Å². The predicted octanol–water partition coefficient (Wildman–Crippen LogP) is 4.96. The Morgan fingerprint density at radius 2 is 2.06 bits per heavy atom. The van der Waals surface area contributed by atoms with Gasteiger partial charge in [0.15, 0.2) is 0 Å². The normalized spacial score (nSPS) is 24.8. The van der Waals surface area contributed by atoms with E-state index in [1.807, 2.05) is 12.1 Å². The van der Waals surface area contributed by atoms with E-state index >= 15 is 0 Å². The van der Waals surface area contributed by atoms with Crippen LogP contribution in [0.25, 0.3) is 0 Å². The van der Waals surface area contributed by atoms with Crippen LogP contribution < -0.4 is 5.32 Å². The van der Waals surface area contributed by atoms with E-state index in [9.17, 15) is 0 Å². The van der Waals surface area contributed by atoms with Crippen LogP contribution in [0.5, 0.6) is 0 Å². The smallest absolute Gasteiger partial charge is 0.0453 e. The summed E-state index contributed by atoms with van der Waals surface area (Å²) in [6.07, 6.45) is 5.24. The molecule has 2 heteroatoms. The van der Waals surface area contributed by atoms with Crippen LogP contribution in [0.2, 0.25) is 5.02 Å². The average Bonchev–Trinajstić information content (AvgIpc) is 2.28. The van der Waals surface area contributed by atoms with Gasteiger partial charge in [0.25, 0.3) is 0 Å². The van der Waals surface area contributed by atoms with Gasteiger partial charge in [-0.2, -0.15) is 0 Å². The second-order valence-electron chi connectivity index (χ2n) is 6.37. The molecule has 1 aromatic carbocycles. The van der Waals surface area contributed by atoms with Crippen LogP contribution in [-0.2, 0) is 0 Å². The molecule has 1 aliphatic carbocycles. The molecule has 0 spiro atoms. The molecule has 2 atom stereocenters. The summed E-state index contributed by atoms with van der Waals surface area (Å²) in [4.78, 5) is 0. The fourth-order valence-electron chi connectivity index (χ4n) is 3.11. The Balaban J connectivity index is 1.99. The van der Waals surface area contributed by atoms with E-state index < -0.39 is 0 Å². The zero-order valence-electron chi connectivity index (χ0n) is 11.7. The van der Waals surface area contributed by atoms with Gasteiger partial charge in [-0.1, -0.05) is 50.1 Å². The molecule has 0 heterocycles. The zero-order chi connectivity index (χ0) is 13.2. The lowest BCUT2D eigenvalue weighted by atomic mass is 9.75. The zero-order valence-corrected chi connectivity index (χ0v) is 12.4. The Labute approximate surface area is 116 Å². The van der Waals surface area contributed by atoms with Gasteiger partial charge in [-0.05, 0) is 43.2 Å². The maximum atomic E-state index is 6.25. The molecular formula is C16H24ClN. The standard InChI is InChI=1S/C16H24ClN/c1-12(14-8-4-5-9-15(14)17)18-13-7-6-10-16(2,3)11-13/h4-5,8-9,12-13,18H,6-7,10-11H2,1-3H3/t12-,13?/m1/s1. The minimum absolute atomic E-state index is 0.331. The number of benzene rings is 1. The molecule has 18 heavy (non-hydrogen) atoms. The summed E-state index contributed by atoms with van der Waals surface area (Å²) < 4.78 is 0. The number of hydrogen-bond donors (Lipinski definition) is 1. The molecule has 0 aromatic heterocycles. The average molecular weight is 266 g/mol. The molecule has 0 saturated heterocycles. The van der Waals surface area contributed by atoms with Gasteiger partial charge in [-0.3, -0.25) is 0 Å². The molecule has 0 bridgehead atoms. The first-order valence-corrected chi connectivity index (χ1v) is 7.36. The number of halogens is 1. The van der Waals surface area contributed by atoms with Gasteiger partial charge >= 0.3 is 0 Å². The Morgan fingerprint density at radius 1 is 1.33 bits per heavy atom. The van der Waals surface area contributed by atoms with Crippen molar-refractivity contribution < 1.29 is 0 Å². The topological polar surface area (TPSA) is 12.0 Å². The second-order valence-corrected chi connectivity index (χ2v) is 6.77. The SMILES string of the molecule is C[C@@H](NC1CCCC(C)(C)C1)c1ccccc1Cl. The molecule has 1 unspecified atom stereocenters. The van der Waals surface area contributed by atoms with E-state index in [-0.39, 0.29) is 0 Å². The number of nitrogens with one attached hydrogen (secondary N) is 1. The van der Waals surface area contributed by atoms with Gasteiger partial charge in [-0.25, -0.2) is 0 Å². The van der Waals surface area contributed by atoms with Crippen LogP contribution in [0, 0.1) is 5.41 Å². The third kappa shape index (κ3) is 3.49. The van der Waals surface area contributed by atoms with Crippen molar-refractivity contribution in [3.05, 3.63) is 34.9 Å². The van der Waals surface area contributed by atoms with Crippen molar-refractivity contribution in [2.45, 2.75) is 58.5 Å². The Morgan fingerprint density at radius 3 is 2.72 bits per heavy atom. The molecule has 1 aliphatic rings. The summed E-state index contributed by atoms with van der Waals surface area (Å²) in [5.74, 6) is 0. The molecule has 0 amide bonds. The molecular weight excluding hydrogens is 242 g/mol. The van der Waals surface area contributed by atoms with Crippen molar-refractivity contribution in [2.75, 3.05) is 0 Å².